The number of carboxylic acids is 1. The third-order valence-electron chi connectivity index (χ3n) is 2.65. The van der Waals surface area contributed by atoms with Gasteiger partial charge >= 0.3 is 5.97 Å². The second-order valence-corrected chi connectivity index (χ2v) is 3.80. The van der Waals surface area contributed by atoms with Gasteiger partial charge in [-0.05, 0) is 18.6 Å². The molecule has 0 aromatic heterocycles. The zero-order valence-electron chi connectivity index (χ0n) is 9.46. The summed E-state index contributed by atoms with van der Waals surface area (Å²) in [7, 11) is 0. The summed E-state index contributed by atoms with van der Waals surface area (Å²) in [6.45, 7) is 0.151. The molecule has 0 saturated carbocycles. The van der Waals surface area contributed by atoms with Crippen molar-refractivity contribution in [3.63, 3.8) is 0 Å². The quantitative estimate of drug-likeness (QED) is 0.842. The highest BCUT2D eigenvalue weighted by molar-refractivity contribution is 6.21. The van der Waals surface area contributed by atoms with Gasteiger partial charge in [-0.3, -0.25) is 19.3 Å². The Morgan fingerprint density at radius 2 is 1.61 bits per heavy atom. The van der Waals surface area contributed by atoms with E-state index in [1.165, 1.54) is 0 Å². The minimum Gasteiger partial charge on any atom is -0.481 e. The lowest BCUT2D eigenvalue weighted by Gasteiger charge is -2.12. The van der Waals surface area contributed by atoms with Crippen LogP contribution in [0.25, 0.3) is 0 Å². The van der Waals surface area contributed by atoms with Crippen LogP contribution in [-0.2, 0) is 4.79 Å². The number of carbonyl (C=O) groups is 3. The van der Waals surface area contributed by atoms with Crippen molar-refractivity contribution in [2.45, 2.75) is 12.8 Å². The van der Waals surface area contributed by atoms with Crippen LogP contribution >= 0.6 is 12.4 Å². The van der Waals surface area contributed by atoms with Crippen molar-refractivity contribution >= 4 is 30.2 Å². The van der Waals surface area contributed by atoms with Gasteiger partial charge in [-0.25, -0.2) is 0 Å². The maximum absolute atomic E-state index is 11.8. The Morgan fingerprint density at radius 1 is 1.11 bits per heavy atom. The monoisotopic (exact) mass is 269 g/mol. The SMILES string of the molecule is Cl.O=C(O)CCCN1C(=O)c2ccccc2C1=O. The number of aliphatic carboxylic acids is 1. The van der Waals surface area contributed by atoms with E-state index in [1.54, 1.807) is 24.3 Å². The first-order valence-corrected chi connectivity index (χ1v) is 5.28. The van der Waals surface area contributed by atoms with Crippen LogP contribution in [0.15, 0.2) is 24.3 Å². The Balaban J connectivity index is 0.00000162. The van der Waals surface area contributed by atoms with E-state index in [4.69, 9.17) is 5.11 Å². The Hall–Kier alpha value is -1.88. The Kier molecular flexibility index (Phi) is 4.44. The summed E-state index contributed by atoms with van der Waals surface area (Å²) in [6.07, 6.45) is 0.230. The molecule has 0 bridgehead atoms. The first kappa shape index (κ1) is 14.2. The van der Waals surface area contributed by atoms with Crippen molar-refractivity contribution in [2.24, 2.45) is 0 Å². The normalized spacial score (nSPS) is 13.2. The molecule has 0 unspecified atom stereocenters. The molecule has 2 rings (SSSR count). The van der Waals surface area contributed by atoms with E-state index in [1.807, 2.05) is 0 Å². The first-order chi connectivity index (χ1) is 8.11. The number of nitrogens with zero attached hydrogens (tertiary/aromatic N) is 1. The van der Waals surface area contributed by atoms with E-state index in [2.05, 4.69) is 0 Å². The van der Waals surface area contributed by atoms with E-state index in [0.717, 1.165) is 4.90 Å². The summed E-state index contributed by atoms with van der Waals surface area (Å²) >= 11 is 0. The number of benzene rings is 1. The Morgan fingerprint density at radius 3 is 2.06 bits per heavy atom. The number of carbonyl (C=O) groups excluding carboxylic acids is 2. The zero-order valence-corrected chi connectivity index (χ0v) is 10.3. The van der Waals surface area contributed by atoms with Gasteiger partial charge in [0.25, 0.3) is 11.8 Å². The summed E-state index contributed by atoms with van der Waals surface area (Å²) in [5.41, 5.74) is 0.792. The number of halogens is 1. The highest BCUT2D eigenvalue weighted by Crippen LogP contribution is 2.22. The number of carboxylic acid groups (broad SMARTS) is 1. The smallest absolute Gasteiger partial charge is 0.303 e. The van der Waals surface area contributed by atoms with Crippen molar-refractivity contribution in [3.8, 4) is 0 Å². The molecule has 96 valence electrons. The summed E-state index contributed by atoms with van der Waals surface area (Å²) in [5.74, 6) is -1.60. The lowest BCUT2D eigenvalue weighted by Crippen LogP contribution is -2.31. The second-order valence-electron chi connectivity index (χ2n) is 3.80. The van der Waals surface area contributed by atoms with Gasteiger partial charge in [-0.2, -0.15) is 0 Å². The largest absolute Gasteiger partial charge is 0.481 e. The summed E-state index contributed by atoms with van der Waals surface area (Å²) < 4.78 is 0. The minimum absolute atomic E-state index is 0. The molecule has 5 nitrogen and oxygen atoms in total. The molecular formula is C12H12ClNO4. The van der Waals surface area contributed by atoms with E-state index in [0.29, 0.717) is 11.1 Å². The first-order valence-electron chi connectivity index (χ1n) is 5.28. The number of amides is 2. The highest BCUT2D eigenvalue weighted by atomic mass is 35.5. The molecule has 0 aliphatic carbocycles. The second kappa shape index (κ2) is 5.64. The van der Waals surface area contributed by atoms with E-state index >= 15 is 0 Å². The van der Waals surface area contributed by atoms with Gasteiger partial charge in [0.1, 0.15) is 0 Å². The number of hydrogen-bond acceptors (Lipinski definition) is 3. The third-order valence-corrected chi connectivity index (χ3v) is 2.65. The van der Waals surface area contributed by atoms with Gasteiger partial charge in [-0.1, -0.05) is 12.1 Å². The van der Waals surface area contributed by atoms with Crippen LogP contribution in [0.2, 0.25) is 0 Å². The lowest BCUT2D eigenvalue weighted by atomic mass is 10.1. The van der Waals surface area contributed by atoms with Crippen LogP contribution in [-0.4, -0.2) is 34.3 Å². The molecule has 18 heavy (non-hydrogen) atoms. The van der Waals surface area contributed by atoms with Gasteiger partial charge < -0.3 is 5.11 Å². The van der Waals surface area contributed by atoms with Crippen molar-refractivity contribution in [3.05, 3.63) is 35.4 Å². The number of hydrogen-bond donors (Lipinski definition) is 1. The van der Waals surface area contributed by atoms with Crippen LogP contribution in [0, 0.1) is 0 Å². The maximum atomic E-state index is 11.8. The molecule has 1 aliphatic rings. The lowest BCUT2D eigenvalue weighted by molar-refractivity contribution is -0.137. The molecule has 1 aromatic rings. The molecule has 0 fully saturated rings. The fourth-order valence-electron chi connectivity index (χ4n) is 1.83. The third kappa shape index (κ3) is 2.51. The van der Waals surface area contributed by atoms with Crippen molar-refractivity contribution in [2.75, 3.05) is 6.54 Å². The molecule has 1 aliphatic heterocycles. The molecular weight excluding hydrogens is 258 g/mol. The number of imide groups is 1. The van der Waals surface area contributed by atoms with E-state index in [-0.39, 0.29) is 43.6 Å². The van der Waals surface area contributed by atoms with Crippen LogP contribution in [0.5, 0.6) is 0 Å². The van der Waals surface area contributed by atoms with Gasteiger partial charge in [0.15, 0.2) is 0 Å². The zero-order chi connectivity index (χ0) is 12.4. The maximum Gasteiger partial charge on any atom is 0.303 e. The molecule has 0 atom stereocenters. The summed E-state index contributed by atoms with van der Waals surface area (Å²) in [5, 5.41) is 8.50. The molecule has 0 radical (unpaired) electrons. The fourth-order valence-corrected chi connectivity index (χ4v) is 1.83. The average molecular weight is 270 g/mol. The molecule has 6 heteroatoms. The van der Waals surface area contributed by atoms with E-state index in [9.17, 15) is 14.4 Å². The topological polar surface area (TPSA) is 74.7 Å². The van der Waals surface area contributed by atoms with Crippen LogP contribution in [0.3, 0.4) is 0 Å². The van der Waals surface area contributed by atoms with Crippen molar-refractivity contribution in [1.82, 2.24) is 4.90 Å². The van der Waals surface area contributed by atoms with E-state index < -0.39 is 5.97 Å². The van der Waals surface area contributed by atoms with Gasteiger partial charge in [0.2, 0.25) is 0 Å². The van der Waals surface area contributed by atoms with Gasteiger partial charge in [0.05, 0.1) is 11.1 Å². The standard InChI is InChI=1S/C12H11NO4.ClH/c14-10(15)6-3-7-13-11(16)8-4-1-2-5-9(8)12(13)17;/h1-2,4-5H,3,6-7H2,(H,14,15);1H. The van der Waals surface area contributed by atoms with Crippen molar-refractivity contribution < 1.29 is 19.5 Å². The van der Waals surface area contributed by atoms with Gasteiger partial charge in [-0.15, -0.1) is 12.4 Å². The van der Waals surface area contributed by atoms with Crippen molar-refractivity contribution in [1.29, 1.82) is 0 Å². The highest BCUT2D eigenvalue weighted by Gasteiger charge is 2.34. The Labute approximate surface area is 110 Å². The molecule has 2 amide bonds. The predicted octanol–water partition coefficient (Wildman–Crippen LogP) is 1.57. The van der Waals surface area contributed by atoms with Gasteiger partial charge in [0, 0.05) is 13.0 Å². The minimum atomic E-state index is -0.929. The van der Waals surface area contributed by atoms with Crippen LogP contribution < -0.4 is 0 Å². The number of rotatable bonds is 4. The summed E-state index contributed by atoms with van der Waals surface area (Å²) in [6, 6.07) is 6.61. The van der Waals surface area contributed by atoms with Crippen LogP contribution in [0.4, 0.5) is 0 Å². The molecule has 1 aromatic carbocycles. The Bertz CT molecular complexity index is 466. The predicted molar refractivity (Wildman–Crippen MR) is 65.9 cm³/mol. The number of fused-ring (bicyclic) bond motifs is 1. The average Bonchev–Trinajstić information content (AvgIpc) is 2.54. The van der Waals surface area contributed by atoms with Crippen LogP contribution in [0.1, 0.15) is 33.6 Å². The fraction of sp³-hybridized carbons (Fsp3) is 0.250. The molecule has 1 heterocycles. The summed E-state index contributed by atoms with van der Waals surface area (Å²) in [4.78, 5) is 35.2. The molecule has 0 saturated heterocycles. The molecule has 0 spiro atoms. The molecule has 1 N–H and O–H groups in total.